The van der Waals surface area contributed by atoms with Gasteiger partial charge in [-0.2, -0.15) is 0 Å². The predicted molar refractivity (Wildman–Crippen MR) is 73.0 cm³/mol. The molecule has 0 aromatic heterocycles. The van der Waals surface area contributed by atoms with Gasteiger partial charge in [0.05, 0.1) is 25.3 Å². The highest BCUT2D eigenvalue weighted by Gasteiger charge is 2.32. The molecule has 3 aliphatic rings. The van der Waals surface area contributed by atoms with Crippen LogP contribution in [0.4, 0.5) is 0 Å². The van der Waals surface area contributed by atoms with Gasteiger partial charge in [-0.05, 0) is 36.1 Å². The second-order valence-electron chi connectivity index (χ2n) is 5.19. The van der Waals surface area contributed by atoms with Gasteiger partial charge >= 0.3 is 11.9 Å². The van der Waals surface area contributed by atoms with Gasteiger partial charge in [-0.15, -0.1) is 0 Å². The molecule has 0 N–H and O–H groups in total. The van der Waals surface area contributed by atoms with E-state index in [-0.39, 0.29) is 0 Å². The van der Waals surface area contributed by atoms with Crippen molar-refractivity contribution in [3.63, 3.8) is 0 Å². The van der Waals surface area contributed by atoms with Crippen molar-refractivity contribution in [3.05, 3.63) is 46.5 Å². The maximum Gasteiger partial charge on any atom is 0.338 e. The van der Waals surface area contributed by atoms with E-state index in [0.29, 0.717) is 23.0 Å². The van der Waals surface area contributed by atoms with Crippen LogP contribution in [-0.2, 0) is 9.47 Å². The van der Waals surface area contributed by atoms with Crippen LogP contribution in [0.3, 0.4) is 0 Å². The molecular formula is C16H16O4. The highest BCUT2D eigenvalue weighted by atomic mass is 16.5. The van der Waals surface area contributed by atoms with Gasteiger partial charge < -0.3 is 9.47 Å². The SMILES string of the molecule is COC(=O)c1cc2c(cc1C(=O)OC)[C@H]1C=C[C@@H]2CC1. The predicted octanol–water partition coefficient (Wildman–Crippen LogP) is 2.79. The summed E-state index contributed by atoms with van der Waals surface area (Å²) in [6.07, 6.45) is 6.56. The first kappa shape index (κ1) is 12.9. The summed E-state index contributed by atoms with van der Waals surface area (Å²) in [6, 6.07) is 3.60. The van der Waals surface area contributed by atoms with Gasteiger partial charge in [0.2, 0.25) is 0 Å². The van der Waals surface area contributed by atoms with Gasteiger partial charge in [-0.1, -0.05) is 12.2 Å². The summed E-state index contributed by atoms with van der Waals surface area (Å²) < 4.78 is 9.56. The van der Waals surface area contributed by atoms with Gasteiger partial charge in [-0.25, -0.2) is 9.59 Å². The second-order valence-corrected chi connectivity index (χ2v) is 5.19. The summed E-state index contributed by atoms with van der Waals surface area (Å²) in [6.45, 7) is 0. The molecule has 0 saturated carbocycles. The Hall–Kier alpha value is -2.10. The van der Waals surface area contributed by atoms with Crippen LogP contribution >= 0.6 is 0 Å². The number of carbonyl (C=O) groups excluding carboxylic acids is 2. The molecule has 4 rings (SSSR count). The lowest BCUT2D eigenvalue weighted by Gasteiger charge is -2.34. The summed E-state index contributed by atoms with van der Waals surface area (Å²) in [4.78, 5) is 23.8. The summed E-state index contributed by atoms with van der Waals surface area (Å²) in [5.41, 5.74) is 2.85. The average Bonchev–Trinajstić information content (AvgIpc) is 2.53. The van der Waals surface area contributed by atoms with Gasteiger partial charge in [0, 0.05) is 11.8 Å². The molecule has 0 amide bonds. The van der Waals surface area contributed by atoms with Crippen molar-refractivity contribution < 1.29 is 19.1 Å². The average molecular weight is 272 g/mol. The first-order chi connectivity index (χ1) is 9.65. The van der Waals surface area contributed by atoms with Crippen LogP contribution in [0, 0.1) is 0 Å². The first-order valence-corrected chi connectivity index (χ1v) is 6.68. The van der Waals surface area contributed by atoms with Crippen molar-refractivity contribution in [2.75, 3.05) is 14.2 Å². The number of rotatable bonds is 2. The summed E-state index contributed by atoms with van der Waals surface area (Å²) in [7, 11) is 2.63. The van der Waals surface area contributed by atoms with E-state index in [1.54, 1.807) is 12.1 Å². The van der Waals surface area contributed by atoms with Crippen LogP contribution in [0.25, 0.3) is 0 Å². The number of ether oxygens (including phenoxy) is 2. The number of hydrogen-bond acceptors (Lipinski definition) is 4. The van der Waals surface area contributed by atoms with Gasteiger partial charge in [0.15, 0.2) is 0 Å². The molecule has 20 heavy (non-hydrogen) atoms. The molecule has 0 heterocycles. The molecule has 2 atom stereocenters. The normalized spacial score (nSPS) is 22.3. The molecule has 0 radical (unpaired) electrons. The van der Waals surface area contributed by atoms with Crippen molar-refractivity contribution in [1.29, 1.82) is 0 Å². The molecule has 4 heteroatoms. The van der Waals surface area contributed by atoms with Gasteiger partial charge in [0.25, 0.3) is 0 Å². The van der Waals surface area contributed by atoms with Crippen LogP contribution in [0.2, 0.25) is 0 Å². The lowest BCUT2D eigenvalue weighted by molar-refractivity contribution is 0.0555. The fraction of sp³-hybridized carbons (Fsp3) is 0.375. The maximum atomic E-state index is 11.9. The van der Waals surface area contributed by atoms with Crippen molar-refractivity contribution in [1.82, 2.24) is 0 Å². The van der Waals surface area contributed by atoms with E-state index >= 15 is 0 Å². The Morgan fingerprint density at radius 3 is 1.60 bits per heavy atom. The van der Waals surface area contributed by atoms with Crippen LogP contribution in [0.5, 0.6) is 0 Å². The van der Waals surface area contributed by atoms with Gasteiger partial charge in [0.1, 0.15) is 0 Å². The third-order valence-electron chi connectivity index (χ3n) is 4.20. The summed E-state index contributed by atoms with van der Waals surface area (Å²) in [5, 5.41) is 0. The summed E-state index contributed by atoms with van der Waals surface area (Å²) in [5.74, 6) is -0.326. The molecule has 2 bridgehead atoms. The zero-order valence-electron chi connectivity index (χ0n) is 11.5. The van der Waals surface area contributed by atoms with Crippen molar-refractivity contribution in [2.45, 2.75) is 24.7 Å². The van der Waals surface area contributed by atoms with E-state index in [9.17, 15) is 9.59 Å². The van der Waals surface area contributed by atoms with Crippen LogP contribution < -0.4 is 0 Å². The zero-order valence-corrected chi connectivity index (χ0v) is 11.5. The standard InChI is InChI=1S/C16H16O4/c1-19-15(17)13-7-11-9-3-5-10(6-4-9)12(11)8-14(13)16(18)20-2/h3,5,7-10H,4,6H2,1-2H3/t9-,10+. The summed E-state index contributed by atoms with van der Waals surface area (Å²) >= 11 is 0. The highest BCUT2D eigenvalue weighted by molar-refractivity contribution is 6.03. The Bertz CT molecular complexity index is 562. The molecule has 0 unspecified atom stereocenters. The molecule has 4 nitrogen and oxygen atoms in total. The third kappa shape index (κ3) is 1.83. The Kier molecular flexibility index (Phi) is 3.08. The molecule has 1 aromatic carbocycles. The van der Waals surface area contributed by atoms with E-state index in [1.807, 2.05) is 0 Å². The molecule has 0 fully saturated rings. The molecule has 104 valence electrons. The fourth-order valence-electron chi connectivity index (χ4n) is 3.17. The molecule has 0 aliphatic heterocycles. The van der Waals surface area contributed by atoms with E-state index in [1.165, 1.54) is 14.2 Å². The van der Waals surface area contributed by atoms with Crippen LogP contribution in [0.15, 0.2) is 24.3 Å². The Labute approximate surface area is 117 Å². The van der Waals surface area contributed by atoms with Crippen molar-refractivity contribution >= 4 is 11.9 Å². The number of hydrogen-bond donors (Lipinski definition) is 0. The number of methoxy groups -OCH3 is 2. The largest absolute Gasteiger partial charge is 0.465 e. The maximum absolute atomic E-state index is 11.9. The van der Waals surface area contributed by atoms with E-state index in [0.717, 1.165) is 24.0 Å². The van der Waals surface area contributed by atoms with E-state index < -0.39 is 11.9 Å². The molecule has 1 aromatic rings. The fourth-order valence-corrected chi connectivity index (χ4v) is 3.17. The number of fused-ring (bicyclic) bond motifs is 1. The minimum atomic E-state index is -0.501. The van der Waals surface area contributed by atoms with Crippen LogP contribution in [-0.4, -0.2) is 26.2 Å². The zero-order chi connectivity index (χ0) is 14.3. The van der Waals surface area contributed by atoms with E-state index in [2.05, 4.69) is 12.2 Å². The minimum absolute atomic E-state index is 0.291. The van der Waals surface area contributed by atoms with Gasteiger partial charge in [-0.3, -0.25) is 0 Å². The van der Waals surface area contributed by atoms with Crippen molar-refractivity contribution in [3.8, 4) is 0 Å². The van der Waals surface area contributed by atoms with Crippen LogP contribution in [0.1, 0.15) is 56.5 Å². The molecular weight excluding hydrogens is 256 g/mol. The molecule has 0 saturated heterocycles. The third-order valence-corrected chi connectivity index (χ3v) is 4.20. The number of allylic oxidation sites excluding steroid dienone is 2. The second kappa shape index (κ2) is 4.78. The Balaban J connectivity index is 2.18. The smallest absolute Gasteiger partial charge is 0.338 e. The quantitative estimate of drug-likeness (QED) is 0.613. The topological polar surface area (TPSA) is 52.6 Å². The molecule has 3 aliphatic carbocycles. The number of benzene rings is 1. The Morgan fingerprint density at radius 1 is 0.900 bits per heavy atom. The lowest BCUT2D eigenvalue weighted by atomic mass is 9.70. The highest BCUT2D eigenvalue weighted by Crippen LogP contribution is 2.45. The van der Waals surface area contributed by atoms with E-state index in [4.69, 9.17) is 9.47 Å². The van der Waals surface area contributed by atoms with Crippen molar-refractivity contribution in [2.24, 2.45) is 0 Å². The molecule has 0 spiro atoms. The monoisotopic (exact) mass is 272 g/mol. The lowest BCUT2D eigenvalue weighted by Crippen LogP contribution is -2.21. The Morgan fingerprint density at radius 2 is 1.30 bits per heavy atom. The first-order valence-electron chi connectivity index (χ1n) is 6.68. The number of carbonyl (C=O) groups is 2. The number of esters is 2. The minimum Gasteiger partial charge on any atom is -0.465 e.